The van der Waals surface area contributed by atoms with Crippen LogP contribution in [0.4, 0.5) is 19.9 Å². The molecule has 5 N–H and O–H groups in total. The number of carbonyl (C=O) groups is 1. The molecule has 3 aliphatic heterocycles. The number of aromatic amines is 1. The predicted molar refractivity (Wildman–Crippen MR) is 208 cm³/mol. The van der Waals surface area contributed by atoms with E-state index < -0.39 is 12.2 Å². The summed E-state index contributed by atoms with van der Waals surface area (Å²) in [4.78, 5) is 31.3. The number of aliphatic hydroxyl groups is 1. The highest BCUT2D eigenvalue weighted by molar-refractivity contribution is 5.94. The molecule has 286 valence electrons. The fraction of sp³-hybridized carbons (Fsp3) is 0.333. The molecular weight excluding hydrogens is 694 g/mol. The number of halogens is 2. The first-order valence-electron chi connectivity index (χ1n) is 18.2. The van der Waals surface area contributed by atoms with Gasteiger partial charge in [0, 0.05) is 36.7 Å². The zero-order valence-corrected chi connectivity index (χ0v) is 30.0. The topological polar surface area (TPSA) is 138 Å². The number of carboxylic acid groups (broad SMARTS) is 1. The first kappa shape index (κ1) is 39.9. The summed E-state index contributed by atoms with van der Waals surface area (Å²) in [6, 6.07) is 30.3. The van der Waals surface area contributed by atoms with Crippen LogP contribution in [0.3, 0.4) is 0 Å². The lowest BCUT2D eigenvalue weighted by Gasteiger charge is -2.48. The number of phenolic OH excluding ortho intramolecular Hbond substituents is 1. The third-order valence-corrected chi connectivity index (χ3v) is 10.5. The Morgan fingerprint density at radius 2 is 1.72 bits per heavy atom. The Labute approximate surface area is 312 Å². The number of hydrogen-bond acceptors (Lipinski definition) is 7. The van der Waals surface area contributed by atoms with Crippen LogP contribution in [0.2, 0.25) is 0 Å². The summed E-state index contributed by atoms with van der Waals surface area (Å²) in [5.74, 6) is 1.12. The Morgan fingerprint density at radius 1 is 0.926 bits per heavy atom. The summed E-state index contributed by atoms with van der Waals surface area (Å²) in [6.07, 6.45) is 2.92. The van der Waals surface area contributed by atoms with Gasteiger partial charge in [-0.2, -0.15) is 0 Å². The van der Waals surface area contributed by atoms with Crippen molar-refractivity contribution in [1.29, 1.82) is 0 Å². The third kappa shape index (κ3) is 9.07. The van der Waals surface area contributed by atoms with Gasteiger partial charge in [-0.1, -0.05) is 60.7 Å². The van der Waals surface area contributed by atoms with Crippen LogP contribution in [0.1, 0.15) is 48.5 Å². The number of amides is 1. The molecule has 1 aromatic heterocycles. The number of piperidine rings is 3. The van der Waals surface area contributed by atoms with Gasteiger partial charge in [-0.15, -0.1) is 0 Å². The van der Waals surface area contributed by atoms with E-state index in [0.29, 0.717) is 35.5 Å². The average molecular weight is 743 g/mol. The number of aliphatic hydroxyl groups excluding tert-OH is 1. The van der Waals surface area contributed by atoms with Gasteiger partial charge in [0.2, 0.25) is 5.56 Å². The minimum absolute atomic E-state index is 0. The van der Waals surface area contributed by atoms with E-state index in [1.807, 2.05) is 54.6 Å². The summed E-state index contributed by atoms with van der Waals surface area (Å²) < 4.78 is 6.11. The summed E-state index contributed by atoms with van der Waals surface area (Å²) in [5, 5.41) is 35.5. The number of H-pyrrole nitrogens is 1. The maximum absolute atomic E-state index is 12.9. The van der Waals surface area contributed by atoms with E-state index in [2.05, 4.69) is 33.4 Å². The molecular formula is C42H48F2N4O6. The number of nitrogens with one attached hydrogen (secondary N) is 2. The number of aromatic nitrogens is 1. The van der Waals surface area contributed by atoms with E-state index in [1.165, 1.54) is 12.1 Å². The lowest BCUT2D eigenvalue weighted by Crippen LogP contribution is -2.59. The molecule has 5 aromatic rings. The molecule has 0 spiro atoms. The van der Waals surface area contributed by atoms with Crippen LogP contribution < -0.4 is 20.5 Å². The van der Waals surface area contributed by atoms with E-state index in [1.54, 1.807) is 17.0 Å². The average Bonchev–Trinajstić information content (AvgIpc) is 3.16. The van der Waals surface area contributed by atoms with Crippen molar-refractivity contribution in [2.75, 3.05) is 37.7 Å². The van der Waals surface area contributed by atoms with Crippen molar-refractivity contribution in [3.63, 3.8) is 0 Å². The fourth-order valence-corrected chi connectivity index (χ4v) is 7.82. The van der Waals surface area contributed by atoms with Crippen molar-refractivity contribution < 1.29 is 34.3 Å². The quantitative estimate of drug-likeness (QED) is 0.0767. The number of fused-ring (bicyclic) bond motifs is 4. The standard InChI is InChI=1S/C42H46N4O6.2FH/c47-38-16-14-34(35-15-17-40(49)44-41(35)38)39(48)26-43-25-29-8-6-11-32(23-29)52-22-5-4-7-28-12-13-33(30-9-2-1-3-10-30)36(24-28)46(42(50)51)37-27-45-20-18-31(37)19-21-45;;/h1-3,6,8-17,23-24,31,37,39,43,47-48H,4-5,7,18-22,25-27H2,(H,44,49)(H,50,51);2*1H/t37?,39-;;/m0../s1. The van der Waals surface area contributed by atoms with Crippen molar-refractivity contribution in [2.24, 2.45) is 5.92 Å². The molecule has 12 heteroatoms. The van der Waals surface area contributed by atoms with Crippen LogP contribution in [0.25, 0.3) is 22.0 Å². The maximum atomic E-state index is 12.9. The molecule has 1 amide bonds. The van der Waals surface area contributed by atoms with Crippen molar-refractivity contribution in [2.45, 2.75) is 50.8 Å². The summed E-state index contributed by atoms with van der Waals surface area (Å²) >= 11 is 0. The molecule has 10 nitrogen and oxygen atoms in total. The molecule has 0 aliphatic carbocycles. The molecule has 1 unspecified atom stereocenters. The smallest absolute Gasteiger partial charge is 0.412 e. The third-order valence-electron chi connectivity index (χ3n) is 10.5. The maximum Gasteiger partial charge on any atom is 0.412 e. The van der Waals surface area contributed by atoms with E-state index in [0.717, 1.165) is 85.4 Å². The van der Waals surface area contributed by atoms with E-state index >= 15 is 0 Å². The van der Waals surface area contributed by atoms with Crippen LogP contribution in [-0.4, -0.2) is 70.1 Å². The Kier molecular flexibility index (Phi) is 13.4. The van der Waals surface area contributed by atoms with Gasteiger partial charge >= 0.3 is 6.09 Å². The van der Waals surface area contributed by atoms with E-state index in [4.69, 9.17) is 4.74 Å². The van der Waals surface area contributed by atoms with Gasteiger partial charge in [0.15, 0.2) is 0 Å². The second-order valence-corrected chi connectivity index (χ2v) is 14.0. The molecule has 8 rings (SSSR count). The number of phenols is 1. The number of nitrogens with zero attached hydrogens (tertiary/aromatic N) is 2. The second kappa shape index (κ2) is 18.2. The fourth-order valence-electron chi connectivity index (χ4n) is 7.82. The van der Waals surface area contributed by atoms with E-state index in [9.17, 15) is 24.9 Å². The number of ether oxygens (including phenoxy) is 1. The molecule has 0 saturated carbocycles. The number of rotatable bonds is 14. The highest BCUT2D eigenvalue weighted by Gasteiger charge is 2.40. The van der Waals surface area contributed by atoms with Gasteiger partial charge in [0.1, 0.15) is 11.5 Å². The number of benzene rings is 4. The van der Waals surface area contributed by atoms with Crippen LogP contribution in [-0.2, 0) is 13.0 Å². The monoisotopic (exact) mass is 742 g/mol. The zero-order valence-electron chi connectivity index (χ0n) is 30.0. The van der Waals surface area contributed by atoms with Crippen molar-refractivity contribution in [1.82, 2.24) is 15.2 Å². The largest absolute Gasteiger partial charge is 0.506 e. The molecule has 0 radical (unpaired) electrons. The number of anilines is 1. The van der Waals surface area contributed by atoms with Crippen molar-refractivity contribution >= 4 is 22.7 Å². The number of aryl methyl sites for hydroxylation is 1. The number of pyridine rings is 1. The SMILES string of the molecule is F.F.O=C(O)N(c1cc(CCCCOc2cccc(CNC[C@H](O)c3ccc(O)c4[nH]c(=O)ccc34)c2)ccc1-c1ccccc1)C1CN2CCC1CC2. The molecule has 4 heterocycles. The Bertz CT molecular complexity index is 2070. The summed E-state index contributed by atoms with van der Waals surface area (Å²) in [7, 11) is 0. The van der Waals surface area contributed by atoms with Crippen LogP contribution in [0.15, 0.2) is 102 Å². The predicted octanol–water partition coefficient (Wildman–Crippen LogP) is 7.01. The molecule has 2 bridgehead atoms. The Morgan fingerprint density at radius 3 is 2.46 bits per heavy atom. The van der Waals surface area contributed by atoms with Gasteiger partial charge in [-0.05, 0) is 104 Å². The summed E-state index contributed by atoms with van der Waals surface area (Å²) in [5.41, 5.74) is 5.48. The lowest BCUT2D eigenvalue weighted by molar-refractivity contribution is 0.0837. The molecule has 54 heavy (non-hydrogen) atoms. The Hall–Kier alpha value is -5.30. The highest BCUT2D eigenvalue weighted by Crippen LogP contribution is 2.39. The van der Waals surface area contributed by atoms with E-state index in [-0.39, 0.29) is 33.3 Å². The number of hydrogen-bond donors (Lipinski definition) is 5. The minimum Gasteiger partial charge on any atom is -0.506 e. The zero-order chi connectivity index (χ0) is 36.0. The van der Waals surface area contributed by atoms with Gasteiger partial charge in [0.05, 0.1) is 30.0 Å². The minimum atomic E-state index is -0.889. The van der Waals surface area contributed by atoms with Crippen LogP contribution >= 0.6 is 0 Å². The number of unbranched alkanes of at least 4 members (excludes halogenated alkanes) is 1. The van der Waals surface area contributed by atoms with Gasteiger partial charge < -0.3 is 35.3 Å². The second-order valence-electron chi connectivity index (χ2n) is 14.0. The lowest BCUT2D eigenvalue weighted by atomic mass is 9.82. The van der Waals surface area contributed by atoms with Gasteiger partial charge in [0.25, 0.3) is 0 Å². The van der Waals surface area contributed by atoms with Gasteiger partial charge in [-0.3, -0.25) is 19.1 Å². The normalized spacial score (nSPS) is 18.0. The Balaban J connectivity index is 0.00000280. The number of aromatic hydroxyl groups is 1. The van der Waals surface area contributed by atoms with Crippen LogP contribution in [0.5, 0.6) is 11.5 Å². The molecule has 2 atom stereocenters. The molecule has 4 aromatic carbocycles. The van der Waals surface area contributed by atoms with Crippen molar-refractivity contribution in [3.8, 4) is 22.6 Å². The molecule has 3 aliphatic rings. The summed E-state index contributed by atoms with van der Waals surface area (Å²) in [6.45, 7) is 4.25. The van der Waals surface area contributed by atoms with Crippen molar-refractivity contribution in [3.05, 3.63) is 124 Å². The van der Waals surface area contributed by atoms with Crippen LogP contribution in [0, 0.1) is 5.92 Å². The highest BCUT2D eigenvalue weighted by atomic mass is 19.0. The van der Waals surface area contributed by atoms with Gasteiger partial charge in [-0.25, -0.2) is 4.79 Å². The molecule has 3 saturated heterocycles. The molecule has 3 fully saturated rings. The first-order valence-corrected chi connectivity index (χ1v) is 18.2. The first-order chi connectivity index (χ1) is 25.3.